The molecule has 1 aromatic heterocycles. The fourth-order valence-electron chi connectivity index (χ4n) is 3.84. The van der Waals surface area contributed by atoms with Crippen molar-refractivity contribution < 1.29 is 34.8 Å². The van der Waals surface area contributed by atoms with Crippen molar-refractivity contribution in [1.82, 2.24) is 10.6 Å². The van der Waals surface area contributed by atoms with E-state index in [1.807, 2.05) is 5.38 Å². The van der Waals surface area contributed by atoms with Crippen LogP contribution in [0.25, 0.3) is 0 Å². The zero-order valence-electron chi connectivity index (χ0n) is 17.7. The molecule has 3 amide bonds. The third kappa shape index (κ3) is 6.29. The maximum Gasteiger partial charge on any atom is 0.252 e. The summed E-state index contributed by atoms with van der Waals surface area (Å²) in [4.78, 5) is 38.0. The number of phenolic OH excluding ortho intramolecular Hbond substituents is 1. The molecule has 1 aliphatic rings. The van der Waals surface area contributed by atoms with Gasteiger partial charge in [-0.15, -0.1) is 11.3 Å². The van der Waals surface area contributed by atoms with Crippen LogP contribution in [0.1, 0.15) is 23.3 Å². The number of carbonyl (C=O) groups is 3. The number of aliphatic hydroxyl groups is 3. The molecule has 1 saturated carbocycles. The fraction of sp³-hybridized carbons (Fsp3) is 0.409. The summed E-state index contributed by atoms with van der Waals surface area (Å²) in [6.07, 6.45) is -3.64. The van der Waals surface area contributed by atoms with E-state index in [0.717, 1.165) is 4.88 Å². The average molecular weight is 478 g/mol. The lowest BCUT2D eigenvalue weighted by atomic mass is 9.77. The molecule has 1 heterocycles. The molecule has 1 aromatic carbocycles. The molecule has 8 N–H and O–H groups in total. The molecule has 1 aliphatic carbocycles. The van der Waals surface area contributed by atoms with Crippen LogP contribution in [0.5, 0.6) is 5.75 Å². The molecule has 3 rings (SSSR count). The lowest BCUT2D eigenvalue weighted by molar-refractivity contribution is -0.160. The van der Waals surface area contributed by atoms with Crippen molar-refractivity contribution in [1.29, 1.82) is 0 Å². The van der Waals surface area contributed by atoms with Gasteiger partial charge in [-0.05, 0) is 29.1 Å². The minimum Gasteiger partial charge on any atom is -0.508 e. The Morgan fingerprint density at radius 3 is 2.45 bits per heavy atom. The van der Waals surface area contributed by atoms with Crippen molar-refractivity contribution in [3.05, 3.63) is 52.2 Å². The van der Waals surface area contributed by atoms with Crippen molar-refractivity contribution in [3.63, 3.8) is 0 Å². The van der Waals surface area contributed by atoms with Gasteiger partial charge in [-0.25, -0.2) is 0 Å². The van der Waals surface area contributed by atoms with Gasteiger partial charge < -0.3 is 36.8 Å². The molecular weight excluding hydrogens is 450 g/mol. The van der Waals surface area contributed by atoms with Crippen LogP contribution in [0.15, 0.2) is 41.8 Å². The van der Waals surface area contributed by atoms with Crippen LogP contribution in [0.2, 0.25) is 0 Å². The predicted octanol–water partition coefficient (Wildman–Crippen LogP) is -1.06. The second kappa shape index (κ2) is 10.3. The van der Waals surface area contributed by atoms with E-state index in [9.17, 15) is 34.8 Å². The van der Waals surface area contributed by atoms with E-state index >= 15 is 0 Å². The van der Waals surface area contributed by atoms with Crippen molar-refractivity contribution >= 4 is 29.1 Å². The van der Waals surface area contributed by atoms with Crippen molar-refractivity contribution in [2.75, 3.05) is 0 Å². The molecule has 0 bridgehead atoms. The number of rotatable bonds is 8. The summed E-state index contributed by atoms with van der Waals surface area (Å²) in [6, 6.07) is 7.29. The molecule has 0 aliphatic heterocycles. The third-order valence-corrected chi connectivity index (χ3v) is 6.50. The highest BCUT2D eigenvalue weighted by atomic mass is 32.1. The van der Waals surface area contributed by atoms with Crippen molar-refractivity contribution in [2.45, 2.75) is 55.6 Å². The Kier molecular flexibility index (Phi) is 7.69. The van der Waals surface area contributed by atoms with Crippen LogP contribution in [0.3, 0.4) is 0 Å². The number of phenols is 1. The average Bonchev–Trinajstić information content (AvgIpc) is 3.25. The van der Waals surface area contributed by atoms with Gasteiger partial charge >= 0.3 is 0 Å². The molecule has 0 radical (unpaired) electrons. The number of amides is 3. The molecule has 11 heteroatoms. The van der Waals surface area contributed by atoms with E-state index in [0.29, 0.717) is 5.56 Å². The number of carbonyl (C=O) groups excluding carboxylic acids is 3. The smallest absolute Gasteiger partial charge is 0.252 e. The van der Waals surface area contributed by atoms with Crippen LogP contribution >= 0.6 is 11.3 Å². The first-order valence-electron chi connectivity index (χ1n) is 10.4. The molecule has 0 unspecified atom stereocenters. The van der Waals surface area contributed by atoms with E-state index < -0.39 is 54.0 Å². The molecule has 178 valence electrons. The maximum absolute atomic E-state index is 12.9. The van der Waals surface area contributed by atoms with E-state index in [4.69, 9.17) is 5.73 Å². The van der Waals surface area contributed by atoms with Crippen LogP contribution < -0.4 is 16.4 Å². The van der Waals surface area contributed by atoms with Crippen LogP contribution in [-0.4, -0.2) is 68.0 Å². The summed E-state index contributed by atoms with van der Waals surface area (Å²) >= 11 is 1.39. The number of aliphatic hydroxyl groups excluding tert-OH is 2. The predicted molar refractivity (Wildman–Crippen MR) is 119 cm³/mol. The number of benzene rings is 1. The van der Waals surface area contributed by atoms with Gasteiger partial charge in [0, 0.05) is 24.1 Å². The Morgan fingerprint density at radius 1 is 1.15 bits per heavy atom. The largest absolute Gasteiger partial charge is 0.508 e. The van der Waals surface area contributed by atoms with Gasteiger partial charge in [0.2, 0.25) is 11.8 Å². The summed E-state index contributed by atoms with van der Waals surface area (Å²) in [5, 5.41) is 47.7. The highest BCUT2D eigenvalue weighted by molar-refractivity contribution is 7.10. The van der Waals surface area contributed by atoms with Crippen molar-refractivity contribution in [3.8, 4) is 5.75 Å². The molecule has 10 nitrogen and oxygen atoms in total. The van der Waals surface area contributed by atoms with Gasteiger partial charge in [0.05, 0.1) is 18.6 Å². The first-order chi connectivity index (χ1) is 15.6. The molecule has 33 heavy (non-hydrogen) atoms. The van der Waals surface area contributed by atoms with E-state index in [1.165, 1.54) is 23.5 Å². The Labute approximate surface area is 194 Å². The number of thiophene rings is 1. The highest BCUT2D eigenvalue weighted by Gasteiger charge is 2.49. The first-order valence-corrected chi connectivity index (χ1v) is 11.2. The number of hydrogen-bond acceptors (Lipinski definition) is 8. The lowest BCUT2D eigenvalue weighted by Gasteiger charge is -2.41. The fourth-order valence-corrected chi connectivity index (χ4v) is 4.54. The van der Waals surface area contributed by atoms with Gasteiger partial charge in [-0.3, -0.25) is 14.4 Å². The molecular formula is C22H27N3O7S. The van der Waals surface area contributed by atoms with Gasteiger partial charge in [0.1, 0.15) is 23.5 Å². The molecule has 0 spiro atoms. The van der Waals surface area contributed by atoms with Crippen LogP contribution in [-0.2, 0) is 27.2 Å². The molecule has 5 atom stereocenters. The number of aromatic hydroxyl groups is 1. The van der Waals surface area contributed by atoms with E-state index in [-0.39, 0.29) is 25.0 Å². The number of nitrogens with one attached hydrogen (secondary N) is 2. The van der Waals surface area contributed by atoms with Crippen molar-refractivity contribution in [2.24, 2.45) is 5.73 Å². The SMILES string of the molecule is NC(=O)[C@H](Cc1ccc(O)cc1)NC(=O)[C@@]1(O)C[C@@H](O)[C@H](O)[C@@H](NC(=O)Cc2cccs2)C1. The standard InChI is InChI=1S/C22H27N3O7S/c23-20(30)15(8-12-3-5-13(26)6-4-12)25-21(31)22(32)10-16(19(29)17(27)11-22)24-18(28)9-14-2-1-7-33-14/h1-7,15-17,19,26-27,29,32H,8-11H2,(H2,23,30)(H,24,28)(H,25,31)/t15-,16-,17+,19+,22-/m0/s1. The van der Waals surface area contributed by atoms with Gasteiger partial charge in [0.15, 0.2) is 0 Å². The number of primary amides is 1. The van der Waals surface area contributed by atoms with E-state index in [2.05, 4.69) is 10.6 Å². The molecule has 2 aromatic rings. The Morgan fingerprint density at radius 2 is 1.85 bits per heavy atom. The minimum atomic E-state index is -2.15. The number of nitrogens with two attached hydrogens (primary N) is 1. The maximum atomic E-state index is 12.9. The topological polar surface area (TPSA) is 182 Å². The quantitative estimate of drug-likeness (QED) is 0.253. The highest BCUT2D eigenvalue weighted by Crippen LogP contribution is 2.30. The first kappa shape index (κ1) is 24.6. The van der Waals surface area contributed by atoms with Gasteiger partial charge in [-0.2, -0.15) is 0 Å². The number of hydrogen-bond donors (Lipinski definition) is 7. The summed E-state index contributed by atoms with van der Waals surface area (Å²) in [5.74, 6) is -2.18. The zero-order valence-corrected chi connectivity index (χ0v) is 18.5. The molecule has 0 saturated heterocycles. The second-order valence-electron chi connectivity index (χ2n) is 8.23. The lowest BCUT2D eigenvalue weighted by Crippen LogP contribution is -2.64. The summed E-state index contributed by atoms with van der Waals surface area (Å²) in [6.45, 7) is 0. The Balaban J connectivity index is 1.68. The Hall–Kier alpha value is -2.99. The summed E-state index contributed by atoms with van der Waals surface area (Å²) in [5.41, 5.74) is 3.87. The molecule has 1 fully saturated rings. The normalized spacial score (nSPS) is 25.7. The summed E-state index contributed by atoms with van der Waals surface area (Å²) < 4.78 is 0. The third-order valence-electron chi connectivity index (χ3n) is 5.62. The van der Waals surface area contributed by atoms with Gasteiger partial charge in [-0.1, -0.05) is 18.2 Å². The minimum absolute atomic E-state index is 0.0175. The van der Waals surface area contributed by atoms with Gasteiger partial charge in [0.25, 0.3) is 5.91 Å². The van der Waals surface area contributed by atoms with Crippen LogP contribution in [0.4, 0.5) is 0 Å². The second-order valence-corrected chi connectivity index (χ2v) is 9.26. The van der Waals surface area contributed by atoms with E-state index in [1.54, 1.807) is 24.3 Å². The van der Waals surface area contributed by atoms with Crippen LogP contribution in [0, 0.1) is 0 Å². The monoisotopic (exact) mass is 477 g/mol. The Bertz CT molecular complexity index is 982. The zero-order chi connectivity index (χ0) is 24.2. The summed E-state index contributed by atoms with van der Waals surface area (Å²) in [7, 11) is 0.